The minimum absolute atomic E-state index is 0.183. The average molecular weight is 195 g/mol. The molecular weight excluding hydrogens is 190 g/mol. The highest BCUT2D eigenvalue weighted by molar-refractivity contribution is 6.06. The zero-order valence-electron chi connectivity index (χ0n) is 7.64. The predicted octanol–water partition coefficient (Wildman–Crippen LogP) is 1.43. The van der Waals surface area contributed by atoms with Crippen molar-refractivity contribution >= 4 is 5.78 Å². The van der Waals surface area contributed by atoms with Crippen LogP contribution in [0, 0.1) is 39.4 Å². The zero-order chi connectivity index (χ0) is 11.3. The number of benzene rings is 1. The highest BCUT2D eigenvalue weighted by Gasteiger charge is 2.40. The Kier molecular flexibility index (Phi) is 2.82. The van der Waals surface area contributed by atoms with Gasteiger partial charge in [-0.2, -0.15) is 15.8 Å². The summed E-state index contributed by atoms with van der Waals surface area (Å²) in [6, 6.07) is 12.1. The van der Waals surface area contributed by atoms with Gasteiger partial charge in [0.15, 0.2) is 0 Å². The standard InChI is InChI=1S/C11H5N3O/c12-6-11(7-13,8-14)10(15)9-4-2-1-3-5-9/h1-5H. The van der Waals surface area contributed by atoms with Gasteiger partial charge in [0.05, 0.1) is 0 Å². The van der Waals surface area contributed by atoms with Crippen molar-refractivity contribution in [2.45, 2.75) is 0 Å². The van der Waals surface area contributed by atoms with Crippen LogP contribution in [-0.2, 0) is 0 Å². The zero-order valence-corrected chi connectivity index (χ0v) is 7.64. The summed E-state index contributed by atoms with van der Waals surface area (Å²) in [4.78, 5) is 11.7. The molecule has 0 radical (unpaired) electrons. The minimum Gasteiger partial charge on any atom is -0.290 e. The first-order chi connectivity index (χ1) is 7.20. The van der Waals surface area contributed by atoms with Crippen molar-refractivity contribution in [1.82, 2.24) is 0 Å². The van der Waals surface area contributed by atoms with E-state index in [-0.39, 0.29) is 5.56 Å². The molecule has 0 heterocycles. The van der Waals surface area contributed by atoms with Crippen molar-refractivity contribution in [2.24, 2.45) is 5.41 Å². The molecule has 4 heteroatoms. The van der Waals surface area contributed by atoms with E-state index in [1.807, 2.05) is 0 Å². The SMILES string of the molecule is N#CC(C#N)(C#N)C(=O)c1ccccc1. The third-order valence-electron chi connectivity index (χ3n) is 1.88. The van der Waals surface area contributed by atoms with Gasteiger partial charge in [0.2, 0.25) is 5.78 Å². The number of ketones is 1. The summed E-state index contributed by atoms with van der Waals surface area (Å²) in [5.74, 6) is -0.782. The van der Waals surface area contributed by atoms with E-state index < -0.39 is 11.2 Å². The normalized spacial score (nSPS) is 9.40. The largest absolute Gasteiger partial charge is 0.290 e. The van der Waals surface area contributed by atoms with Crippen LogP contribution in [0.15, 0.2) is 30.3 Å². The third-order valence-corrected chi connectivity index (χ3v) is 1.88. The summed E-state index contributed by atoms with van der Waals surface area (Å²) in [5, 5.41) is 26.1. The van der Waals surface area contributed by atoms with Crippen LogP contribution < -0.4 is 0 Å². The lowest BCUT2D eigenvalue weighted by molar-refractivity contribution is 0.0939. The number of carbonyl (C=O) groups excluding carboxylic acids is 1. The maximum absolute atomic E-state index is 11.7. The number of nitriles is 3. The van der Waals surface area contributed by atoms with Crippen molar-refractivity contribution in [3.8, 4) is 18.2 Å². The smallest absolute Gasteiger partial charge is 0.290 e. The van der Waals surface area contributed by atoms with E-state index in [1.54, 1.807) is 18.2 Å². The molecule has 0 fully saturated rings. The van der Waals surface area contributed by atoms with Gasteiger partial charge < -0.3 is 0 Å². The number of Topliss-reactive ketones (excluding diaryl/α,β-unsaturated/α-hetero) is 1. The molecule has 1 aromatic rings. The Morgan fingerprint density at radius 1 is 1.00 bits per heavy atom. The second-order valence-corrected chi connectivity index (χ2v) is 2.78. The Hall–Kier alpha value is -2.64. The number of hydrogen-bond acceptors (Lipinski definition) is 4. The number of carbonyl (C=O) groups is 1. The molecule has 0 aromatic heterocycles. The highest BCUT2D eigenvalue weighted by atomic mass is 16.1. The van der Waals surface area contributed by atoms with E-state index in [1.165, 1.54) is 30.3 Å². The molecule has 4 nitrogen and oxygen atoms in total. The molecule has 0 unspecified atom stereocenters. The van der Waals surface area contributed by atoms with Gasteiger partial charge in [0.1, 0.15) is 18.2 Å². The van der Waals surface area contributed by atoms with Crippen molar-refractivity contribution in [2.75, 3.05) is 0 Å². The Morgan fingerprint density at radius 3 is 1.87 bits per heavy atom. The molecule has 0 amide bonds. The van der Waals surface area contributed by atoms with Gasteiger partial charge in [-0.05, 0) is 0 Å². The molecule has 0 saturated heterocycles. The quantitative estimate of drug-likeness (QED) is 0.667. The van der Waals surface area contributed by atoms with Crippen LogP contribution >= 0.6 is 0 Å². The summed E-state index contributed by atoms with van der Waals surface area (Å²) in [7, 11) is 0. The first-order valence-corrected chi connectivity index (χ1v) is 4.04. The van der Waals surface area contributed by atoms with Crippen LogP contribution in [0.2, 0.25) is 0 Å². The van der Waals surface area contributed by atoms with Crippen LogP contribution in [0.3, 0.4) is 0 Å². The fourth-order valence-corrected chi connectivity index (χ4v) is 1.03. The fourth-order valence-electron chi connectivity index (χ4n) is 1.03. The van der Waals surface area contributed by atoms with Gasteiger partial charge in [0, 0.05) is 5.56 Å². The number of rotatable bonds is 2. The van der Waals surface area contributed by atoms with Crippen LogP contribution in [0.5, 0.6) is 0 Å². The molecule has 1 rings (SSSR count). The Morgan fingerprint density at radius 2 is 1.47 bits per heavy atom. The van der Waals surface area contributed by atoms with Crippen LogP contribution in [-0.4, -0.2) is 5.78 Å². The molecule has 70 valence electrons. The first kappa shape index (κ1) is 10.4. The van der Waals surface area contributed by atoms with Crippen molar-refractivity contribution in [3.05, 3.63) is 35.9 Å². The molecule has 0 aliphatic carbocycles. The molecular formula is C11H5N3O. The second kappa shape index (κ2) is 4.05. The van der Waals surface area contributed by atoms with E-state index in [2.05, 4.69) is 0 Å². The molecule has 0 atom stereocenters. The highest BCUT2D eigenvalue weighted by Crippen LogP contribution is 2.20. The molecule has 15 heavy (non-hydrogen) atoms. The first-order valence-electron chi connectivity index (χ1n) is 4.04. The van der Waals surface area contributed by atoms with E-state index in [4.69, 9.17) is 15.8 Å². The molecule has 1 aromatic carbocycles. The third kappa shape index (κ3) is 1.68. The lowest BCUT2D eigenvalue weighted by Crippen LogP contribution is -2.26. The summed E-state index contributed by atoms with van der Waals surface area (Å²) >= 11 is 0. The fraction of sp³-hybridized carbons (Fsp3) is 0.0909. The van der Waals surface area contributed by atoms with Gasteiger partial charge in [-0.3, -0.25) is 4.79 Å². The van der Waals surface area contributed by atoms with Gasteiger partial charge in [-0.1, -0.05) is 30.3 Å². The predicted molar refractivity (Wildman–Crippen MR) is 50.0 cm³/mol. The number of nitrogens with zero attached hydrogens (tertiary/aromatic N) is 3. The van der Waals surface area contributed by atoms with Gasteiger partial charge >= 0.3 is 0 Å². The van der Waals surface area contributed by atoms with Crippen molar-refractivity contribution < 1.29 is 4.79 Å². The van der Waals surface area contributed by atoms with Crippen molar-refractivity contribution in [1.29, 1.82) is 15.8 Å². The van der Waals surface area contributed by atoms with Gasteiger partial charge in [-0.15, -0.1) is 0 Å². The van der Waals surface area contributed by atoms with Crippen LogP contribution in [0.1, 0.15) is 10.4 Å². The molecule has 0 bridgehead atoms. The molecule has 0 aliphatic rings. The van der Waals surface area contributed by atoms with E-state index in [0.29, 0.717) is 0 Å². The monoisotopic (exact) mass is 195 g/mol. The number of hydrogen-bond donors (Lipinski definition) is 0. The lowest BCUT2D eigenvalue weighted by Gasteiger charge is -2.07. The summed E-state index contributed by atoms with van der Waals surface area (Å²) in [6.45, 7) is 0. The van der Waals surface area contributed by atoms with Crippen molar-refractivity contribution in [3.63, 3.8) is 0 Å². The minimum atomic E-state index is -2.23. The van der Waals surface area contributed by atoms with E-state index in [0.717, 1.165) is 0 Å². The summed E-state index contributed by atoms with van der Waals surface area (Å²) in [5.41, 5.74) is -2.05. The van der Waals surface area contributed by atoms with Crippen LogP contribution in [0.25, 0.3) is 0 Å². The molecule has 0 saturated carbocycles. The van der Waals surface area contributed by atoms with Gasteiger partial charge in [-0.25, -0.2) is 0 Å². The second-order valence-electron chi connectivity index (χ2n) is 2.78. The van der Waals surface area contributed by atoms with E-state index in [9.17, 15) is 4.79 Å². The summed E-state index contributed by atoms with van der Waals surface area (Å²) < 4.78 is 0. The lowest BCUT2D eigenvalue weighted by atomic mass is 9.85. The van der Waals surface area contributed by atoms with Crippen LogP contribution in [0.4, 0.5) is 0 Å². The molecule has 0 aliphatic heterocycles. The maximum atomic E-state index is 11.7. The average Bonchev–Trinajstić information content (AvgIpc) is 2.33. The maximum Gasteiger partial charge on any atom is 0.290 e. The Balaban J connectivity index is 3.24. The van der Waals surface area contributed by atoms with E-state index >= 15 is 0 Å². The molecule has 0 N–H and O–H groups in total. The molecule has 0 spiro atoms. The summed E-state index contributed by atoms with van der Waals surface area (Å²) in [6.07, 6.45) is 0. The van der Waals surface area contributed by atoms with Gasteiger partial charge in [0.25, 0.3) is 5.41 Å². The topological polar surface area (TPSA) is 88.4 Å². The Bertz CT molecular complexity index is 463. The Labute approximate surface area is 86.6 Å².